The number of aromatic amines is 1. The van der Waals surface area contributed by atoms with E-state index >= 15 is 0 Å². The summed E-state index contributed by atoms with van der Waals surface area (Å²) in [7, 11) is 0. The fraction of sp³-hybridized carbons (Fsp3) is 0.458. The highest BCUT2D eigenvalue weighted by Crippen LogP contribution is 2.21. The van der Waals surface area contributed by atoms with Crippen LogP contribution >= 0.6 is 0 Å². The highest BCUT2D eigenvalue weighted by atomic mass is 16.4. The zero-order valence-electron chi connectivity index (χ0n) is 20.2. The van der Waals surface area contributed by atoms with Crippen molar-refractivity contribution in [2.75, 3.05) is 13.2 Å². The Balaban J connectivity index is 1.71. The molecular weight excluding hydrogens is 484 g/mol. The number of rotatable bonds is 12. The van der Waals surface area contributed by atoms with Gasteiger partial charge < -0.3 is 42.2 Å². The first kappa shape index (κ1) is 27.6. The lowest BCUT2D eigenvalue weighted by Crippen LogP contribution is -2.57. The molecule has 0 radical (unpaired) electrons. The first-order valence-corrected chi connectivity index (χ1v) is 12.0. The number of aromatic nitrogens is 1. The maximum absolute atomic E-state index is 13.4. The maximum Gasteiger partial charge on any atom is 0.328 e. The average molecular weight is 517 g/mol. The number of primary amides is 1. The molecule has 0 saturated carbocycles. The van der Waals surface area contributed by atoms with Crippen LogP contribution in [-0.4, -0.2) is 87.0 Å². The zero-order chi connectivity index (χ0) is 27.1. The van der Waals surface area contributed by atoms with Crippen LogP contribution in [0.25, 0.3) is 10.9 Å². The predicted molar refractivity (Wildman–Crippen MR) is 132 cm³/mol. The van der Waals surface area contributed by atoms with E-state index in [0.717, 1.165) is 16.5 Å². The lowest BCUT2D eigenvalue weighted by atomic mass is 10.0. The molecule has 1 aromatic carbocycles. The van der Waals surface area contributed by atoms with E-state index in [1.807, 2.05) is 24.3 Å². The minimum Gasteiger partial charge on any atom is -0.480 e. The predicted octanol–water partition coefficient (Wildman–Crippen LogP) is -1.66. The number of carboxylic acid groups (broad SMARTS) is 1. The molecule has 4 atom stereocenters. The Hall–Kier alpha value is -3.97. The van der Waals surface area contributed by atoms with Crippen LogP contribution in [0.5, 0.6) is 0 Å². The van der Waals surface area contributed by atoms with Crippen molar-refractivity contribution in [3.8, 4) is 0 Å². The number of benzene rings is 1. The number of fused-ring (bicyclic) bond motifs is 1. The van der Waals surface area contributed by atoms with E-state index in [0.29, 0.717) is 6.42 Å². The molecule has 1 saturated heterocycles. The van der Waals surface area contributed by atoms with E-state index in [2.05, 4.69) is 15.6 Å². The molecule has 1 aromatic heterocycles. The van der Waals surface area contributed by atoms with Crippen LogP contribution in [0, 0.1) is 0 Å². The second kappa shape index (κ2) is 12.3. The summed E-state index contributed by atoms with van der Waals surface area (Å²) in [5, 5.41) is 24.0. The highest BCUT2D eigenvalue weighted by molar-refractivity contribution is 5.95. The maximum atomic E-state index is 13.4. The number of hydrogen-bond acceptors (Lipinski definition) is 7. The summed E-state index contributed by atoms with van der Waals surface area (Å²) in [6.07, 6.45) is 2.41. The van der Waals surface area contributed by atoms with E-state index in [4.69, 9.17) is 16.6 Å². The van der Waals surface area contributed by atoms with Gasteiger partial charge in [-0.3, -0.25) is 19.2 Å². The monoisotopic (exact) mass is 516 g/mol. The SMILES string of the molecule is NC(=O)CCC(NC(=O)C(N)Cc1c[nH]c2ccccc12)C(=O)N1CCCC1C(=O)NC(CO)C(=O)O. The van der Waals surface area contributed by atoms with Crippen molar-refractivity contribution >= 4 is 40.5 Å². The molecule has 1 fully saturated rings. The second-order valence-electron chi connectivity index (χ2n) is 9.01. The van der Waals surface area contributed by atoms with Gasteiger partial charge in [0.15, 0.2) is 0 Å². The van der Waals surface area contributed by atoms with Gasteiger partial charge in [-0.25, -0.2) is 4.79 Å². The Morgan fingerprint density at radius 1 is 1.14 bits per heavy atom. The first-order chi connectivity index (χ1) is 17.6. The van der Waals surface area contributed by atoms with Gasteiger partial charge in [-0.05, 0) is 37.3 Å². The minimum absolute atomic E-state index is 0.0983. The van der Waals surface area contributed by atoms with E-state index < -0.39 is 60.4 Å². The molecule has 13 heteroatoms. The summed E-state index contributed by atoms with van der Waals surface area (Å²) in [6, 6.07) is 2.86. The van der Waals surface area contributed by atoms with Crippen LogP contribution in [-0.2, 0) is 30.4 Å². The van der Waals surface area contributed by atoms with Gasteiger partial charge in [0.05, 0.1) is 12.6 Å². The minimum atomic E-state index is -1.52. The van der Waals surface area contributed by atoms with Crippen molar-refractivity contribution in [1.29, 1.82) is 0 Å². The molecule has 2 heterocycles. The highest BCUT2D eigenvalue weighted by Gasteiger charge is 2.39. The Kier molecular flexibility index (Phi) is 9.20. The van der Waals surface area contributed by atoms with Crippen molar-refractivity contribution in [2.45, 2.75) is 56.3 Å². The normalized spacial score (nSPS) is 17.7. The third kappa shape index (κ3) is 6.83. The van der Waals surface area contributed by atoms with Crippen LogP contribution < -0.4 is 22.1 Å². The molecule has 1 aliphatic rings. The molecule has 0 bridgehead atoms. The standard InChI is InChI=1S/C24H32N6O7/c25-15(10-13-11-27-16-5-2-1-4-14(13)16)21(33)28-17(7-8-20(26)32)23(35)30-9-3-6-19(30)22(34)29-18(12-31)24(36)37/h1-2,4-5,11,15,17-19,27,31H,3,6-10,12,25H2,(H2,26,32)(H,28,33)(H,29,34)(H,36,37). The number of aliphatic hydroxyl groups excluding tert-OH is 1. The number of hydrogen-bond donors (Lipinski definition) is 7. The van der Waals surface area contributed by atoms with Crippen LogP contribution in [0.2, 0.25) is 0 Å². The molecule has 0 aliphatic carbocycles. The fourth-order valence-electron chi connectivity index (χ4n) is 4.41. The molecule has 13 nitrogen and oxygen atoms in total. The molecule has 37 heavy (non-hydrogen) atoms. The van der Waals surface area contributed by atoms with Gasteiger partial charge in [-0.15, -0.1) is 0 Å². The molecule has 9 N–H and O–H groups in total. The molecule has 200 valence electrons. The molecular formula is C24H32N6O7. The van der Waals surface area contributed by atoms with E-state index in [-0.39, 0.29) is 32.2 Å². The Labute approximate surface area is 212 Å². The number of carboxylic acids is 1. The van der Waals surface area contributed by atoms with Gasteiger partial charge >= 0.3 is 5.97 Å². The quantitative estimate of drug-likeness (QED) is 0.173. The molecule has 4 unspecified atom stereocenters. The van der Waals surface area contributed by atoms with E-state index in [1.165, 1.54) is 4.90 Å². The third-order valence-electron chi connectivity index (χ3n) is 6.38. The van der Waals surface area contributed by atoms with Crippen LogP contribution in [0.3, 0.4) is 0 Å². The van der Waals surface area contributed by atoms with Gasteiger partial charge in [0, 0.05) is 30.1 Å². The zero-order valence-corrected chi connectivity index (χ0v) is 20.2. The van der Waals surface area contributed by atoms with Crippen LogP contribution in [0.4, 0.5) is 0 Å². The van der Waals surface area contributed by atoms with Gasteiger partial charge in [0.2, 0.25) is 23.6 Å². The largest absolute Gasteiger partial charge is 0.480 e. The summed E-state index contributed by atoms with van der Waals surface area (Å²) < 4.78 is 0. The van der Waals surface area contributed by atoms with Crippen LogP contribution in [0.15, 0.2) is 30.5 Å². The molecule has 0 spiro atoms. The summed E-state index contributed by atoms with van der Waals surface area (Å²) in [5.41, 5.74) is 13.1. The topological polar surface area (TPSA) is 221 Å². The number of aliphatic hydroxyl groups is 1. The number of para-hydroxylation sites is 1. The summed E-state index contributed by atoms with van der Waals surface area (Å²) >= 11 is 0. The molecule has 3 rings (SSSR count). The molecule has 1 aliphatic heterocycles. The average Bonchev–Trinajstić information content (AvgIpc) is 3.52. The number of nitrogens with zero attached hydrogens (tertiary/aromatic N) is 1. The van der Waals surface area contributed by atoms with Crippen molar-refractivity contribution < 1.29 is 34.2 Å². The number of carbonyl (C=O) groups excluding carboxylic acids is 4. The van der Waals surface area contributed by atoms with Gasteiger partial charge in [-0.2, -0.15) is 0 Å². The number of nitrogens with two attached hydrogens (primary N) is 2. The summed E-state index contributed by atoms with van der Waals surface area (Å²) in [4.78, 5) is 65.9. The smallest absolute Gasteiger partial charge is 0.328 e. The lowest BCUT2D eigenvalue weighted by molar-refractivity contribution is -0.145. The third-order valence-corrected chi connectivity index (χ3v) is 6.38. The number of H-pyrrole nitrogens is 1. The number of amides is 4. The second-order valence-corrected chi connectivity index (χ2v) is 9.01. The number of carbonyl (C=O) groups is 5. The van der Waals surface area contributed by atoms with E-state index in [1.54, 1.807) is 6.20 Å². The van der Waals surface area contributed by atoms with Crippen LogP contribution in [0.1, 0.15) is 31.2 Å². The molecule has 2 aromatic rings. The summed E-state index contributed by atoms with van der Waals surface area (Å²) in [5.74, 6) is -4.04. The van der Waals surface area contributed by atoms with Gasteiger partial charge in [-0.1, -0.05) is 18.2 Å². The van der Waals surface area contributed by atoms with Gasteiger partial charge in [0.25, 0.3) is 0 Å². The van der Waals surface area contributed by atoms with Gasteiger partial charge in [0.1, 0.15) is 18.1 Å². The summed E-state index contributed by atoms with van der Waals surface area (Å²) in [6.45, 7) is -0.620. The number of likely N-dealkylation sites (tertiary alicyclic amines) is 1. The van der Waals surface area contributed by atoms with Crippen molar-refractivity contribution in [3.63, 3.8) is 0 Å². The van der Waals surface area contributed by atoms with E-state index in [9.17, 15) is 29.1 Å². The Morgan fingerprint density at radius 3 is 2.54 bits per heavy atom. The fourth-order valence-corrected chi connectivity index (χ4v) is 4.41. The first-order valence-electron chi connectivity index (χ1n) is 12.0. The molecule has 4 amide bonds. The van der Waals surface area contributed by atoms with Crippen molar-refractivity contribution in [1.82, 2.24) is 20.5 Å². The lowest BCUT2D eigenvalue weighted by Gasteiger charge is -2.29. The Morgan fingerprint density at radius 2 is 1.86 bits per heavy atom. The van der Waals surface area contributed by atoms with Crippen molar-refractivity contribution in [3.05, 3.63) is 36.0 Å². The Bertz CT molecular complexity index is 1170. The number of aliphatic carboxylic acids is 1. The number of nitrogens with one attached hydrogen (secondary N) is 3. The van der Waals surface area contributed by atoms with Crippen molar-refractivity contribution in [2.24, 2.45) is 11.5 Å².